The van der Waals surface area contributed by atoms with Crippen LogP contribution in [-0.2, 0) is 21.4 Å². The van der Waals surface area contributed by atoms with Crippen molar-refractivity contribution in [3.63, 3.8) is 0 Å². The molecule has 0 spiro atoms. The van der Waals surface area contributed by atoms with Crippen LogP contribution < -0.4 is 0 Å². The molecule has 0 radical (unpaired) electrons. The summed E-state index contributed by atoms with van der Waals surface area (Å²) in [5, 5.41) is 1.16. The van der Waals surface area contributed by atoms with Crippen molar-refractivity contribution < 1.29 is 9.53 Å². The van der Waals surface area contributed by atoms with Crippen LogP contribution in [-0.4, -0.2) is 42.1 Å². The van der Waals surface area contributed by atoms with E-state index in [-0.39, 0.29) is 11.3 Å². The first kappa shape index (κ1) is 20.2. The van der Waals surface area contributed by atoms with Crippen molar-refractivity contribution in [2.45, 2.75) is 37.5 Å². The van der Waals surface area contributed by atoms with Gasteiger partial charge in [-0.05, 0) is 42.5 Å². The maximum atomic E-state index is 13.9. The Bertz CT molecular complexity index is 1040. The van der Waals surface area contributed by atoms with Gasteiger partial charge in [-0.15, -0.1) is 0 Å². The van der Waals surface area contributed by atoms with Gasteiger partial charge in [0, 0.05) is 30.6 Å². The lowest BCUT2D eigenvalue weighted by atomic mass is 9.77. The van der Waals surface area contributed by atoms with Crippen molar-refractivity contribution in [3.8, 4) is 0 Å². The van der Waals surface area contributed by atoms with E-state index in [1.807, 2.05) is 30.5 Å². The molecular formula is C27H30N2O2. The third-order valence-corrected chi connectivity index (χ3v) is 6.99. The number of fused-ring (bicyclic) bond motifs is 1. The van der Waals surface area contributed by atoms with Crippen LogP contribution in [0.4, 0.5) is 0 Å². The number of hydrogen-bond donors (Lipinski definition) is 0. The van der Waals surface area contributed by atoms with Crippen molar-refractivity contribution in [2.24, 2.45) is 5.92 Å². The largest absolute Gasteiger partial charge is 0.379 e. The molecule has 1 aromatic heterocycles. The van der Waals surface area contributed by atoms with E-state index in [9.17, 15) is 4.79 Å². The third-order valence-electron chi connectivity index (χ3n) is 6.99. The molecule has 1 aliphatic carbocycles. The molecule has 3 aromatic rings. The molecule has 0 N–H and O–H groups in total. The topological polar surface area (TPSA) is 42.4 Å². The summed E-state index contributed by atoms with van der Waals surface area (Å²) in [6.45, 7) is 2.73. The second kappa shape index (κ2) is 8.80. The molecule has 1 saturated heterocycles. The van der Waals surface area contributed by atoms with E-state index >= 15 is 0 Å². The number of para-hydroxylation sites is 1. The highest BCUT2D eigenvalue weighted by Crippen LogP contribution is 2.43. The molecule has 1 atom stereocenters. The molecular weight excluding hydrogens is 384 g/mol. The average Bonchev–Trinajstić information content (AvgIpc) is 3.21. The number of carbonyl (C=O) groups excluding carboxylic acids is 1. The number of ether oxygens (including phenoxy) is 1. The fraction of sp³-hybridized carbons (Fsp3) is 0.407. The SMILES string of the molecule is O=C(N1CCOC[C@H](Cc2cnc3ccccc3c2)C1)C1(c2ccccc2)CCCC1. The molecule has 5 rings (SSSR count). The summed E-state index contributed by atoms with van der Waals surface area (Å²) < 4.78 is 5.93. The van der Waals surface area contributed by atoms with Crippen LogP contribution >= 0.6 is 0 Å². The molecule has 4 nitrogen and oxygen atoms in total. The van der Waals surface area contributed by atoms with Gasteiger partial charge >= 0.3 is 0 Å². The second-order valence-corrected chi connectivity index (χ2v) is 9.09. The number of hydrogen-bond acceptors (Lipinski definition) is 3. The van der Waals surface area contributed by atoms with Gasteiger partial charge < -0.3 is 9.64 Å². The zero-order chi connectivity index (χ0) is 21.1. The molecule has 31 heavy (non-hydrogen) atoms. The number of rotatable bonds is 4. The highest BCUT2D eigenvalue weighted by molar-refractivity contribution is 5.88. The molecule has 2 heterocycles. The van der Waals surface area contributed by atoms with Gasteiger partial charge in [0.2, 0.25) is 5.91 Å². The Balaban J connectivity index is 1.36. The van der Waals surface area contributed by atoms with Crippen LogP contribution in [0, 0.1) is 5.92 Å². The normalized spacial score (nSPS) is 21.2. The first-order chi connectivity index (χ1) is 15.2. The smallest absolute Gasteiger partial charge is 0.233 e. The maximum Gasteiger partial charge on any atom is 0.233 e. The predicted octanol–water partition coefficient (Wildman–Crippen LogP) is 4.76. The lowest BCUT2D eigenvalue weighted by Crippen LogP contribution is -2.47. The highest BCUT2D eigenvalue weighted by atomic mass is 16.5. The number of nitrogens with zero attached hydrogens (tertiary/aromatic N) is 2. The number of pyridine rings is 1. The van der Waals surface area contributed by atoms with Crippen molar-refractivity contribution >= 4 is 16.8 Å². The van der Waals surface area contributed by atoms with E-state index in [0.717, 1.165) is 49.6 Å². The molecule has 0 unspecified atom stereocenters. The number of carbonyl (C=O) groups is 1. The fourth-order valence-electron chi connectivity index (χ4n) is 5.41. The second-order valence-electron chi connectivity index (χ2n) is 9.09. The van der Waals surface area contributed by atoms with E-state index in [2.05, 4.69) is 46.3 Å². The summed E-state index contributed by atoms with van der Waals surface area (Å²) in [5.74, 6) is 0.576. The Kier molecular flexibility index (Phi) is 5.73. The van der Waals surface area contributed by atoms with E-state index in [0.29, 0.717) is 25.7 Å². The van der Waals surface area contributed by atoms with Crippen molar-refractivity contribution in [1.82, 2.24) is 9.88 Å². The predicted molar refractivity (Wildman–Crippen MR) is 123 cm³/mol. The van der Waals surface area contributed by atoms with Crippen molar-refractivity contribution in [2.75, 3.05) is 26.3 Å². The summed E-state index contributed by atoms with van der Waals surface area (Å²) in [6.07, 6.45) is 7.00. The Hall–Kier alpha value is -2.72. The van der Waals surface area contributed by atoms with Gasteiger partial charge in [-0.1, -0.05) is 61.4 Å². The first-order valence-electron chi connectivity index (χ1n) is 11.5. The average molecular weight is 415 g/mol. The number of benzene rings is 2. The summed E-state index contributed by atoms with van der Waals surface area (Å²) in [7, 11) is 0. The molecule has 1 saturated carbocycles. The Labute approximate surface area is 184 Å². The molecule has 1 aliphatic heterocycles. The van der Waals surface area contributed by atoms with Crippen LogP contribution in [0.2, 0.25) is 0 Å². The fourth-order valence-corrected chi connectivity index (χ4v) is 5.41. The van der Waals surface area contributed by atoms with Crippen LogP contribution in [0.25, 0.3) is 10.9 Å². The minimum atomic E-state index is -0.360. The van der Waals surface area contributed by atoms with Crippen molar-refractivity contribution in [3.05, 3.63) is 78.0 Å². The van der Waals surface area contributed by atoms with E-state index in [1.165, 1.54) is 11.1 Å². The highest BCUT2D eigenvalue weighted by Gasteiger charge is 2.45. The van der Waals surface area contributed by atoms with Gasteiger partial charge in [0.05, 0.1) is 24.1 Å². The quantitative estimate of drug-likeness (QED) is 0.618. The molecule has 4 heteroatoms. The van der Waals surface area contributed by atoms with Gasteiger partial charge in [-0.25, -0.2) is 0 Å². The molecule has 2 aliphatic rings. The Morgan fingerprint density at radius 2 is 1.84 bits per heavy atom. The zero-order valence-corrected chi connectivity index (χ0v) is 18.0. The zero-order valence-electron chi connectivity index (χ0n) is 18.0. The van der Waals surface area contributed by atoms with Crippen LogP contribution in [0.15, 0.2) is 66.9 Å². The first-order valence-corrected chi connectivity index (χ1v) is 11.5. The van der Waals surface area contributed by atoms with Crippen LogP contribution in [0.5, 0.6) is 0 Å². The standard InChI is InChI=1S/C27H30N2O2/c30-26(27(12-6-7-13-27)24-9-2-1-3-10-24)29-14-15-31-20-22(19-29)16-21-17-23-8-4-5-11-25(23)28-18-21/h1-5,8-11,17-18,22H,6-7,12-16,19-20H2/t22-/m1/s1. The molecule has 2 aromatic carbocycles. The Morgan fingerprint density at radius 3 is 2.68 bits per heavy atom. The lowest BCUT2D eigenvalue weighted by Gasteiger charge is -2.35. The molecule has 2 fully saturated rings. The summed E-state index contributed by atoms with van der Waals surface area (Å²) in [4.78, 5) is 20.6. The van der Waals surface area contributed by atoms with Gasteiger partial charge in [-0.3, -0.25) is 9.78 Å². The number of aromatic nitrogens is 1. The van der Waals surface area contributed by atoms with Gasteiger partial charge in [0.25, 0.3) is 0 Å². The van der Waals surface area contributed by atoms with Crippen LogP contribution in [0.1, 0.15) is 36.8 Å². The molecule has 0 bridgehead atoms. The van der Waals surface area contributed by atoms with Crippen molar-refractivity contribution in [1.29, 1.82) is 0 Å². The number of amides is 1. The van der Waals surface area contributed by atoms with Crippen LogP contribution in [0.3, 0.4) is 0 Å². The third kappa shape index (κ3) is 4.09. The molecule has 160 valence electrons. The van der Waals surface area contributed by atoms with E-state index in [4.69, 9.17) is 4.74 Å². The summed E-state index contributed by atoms with van der Waals surface area (Å²) in [6, 6.07) is 20.9. The van der Waals surface area contributed by atoms with E-state index in [1.54, 1.807) is 0 Å². The van der Waals surface area contributed by atoms with E-state index < -0.39 is 0 Å². The monoisotopic (exact) mass is 414 g/mol. The maximum absolute atomic E-state index is 13.9. The Morgan fingerprint density at radius 1 is 1.06 bits per heavy atom. The lowest BCUT2D eigenvalue weighted by molar-refractivity contribution is -0.137. The van der Waals surface area contributed by atoms with Gasteiger partial charge in [0.15, 0.2) is 0 Å². The minimum Gasteiger partial charge on any atom is -0.379 e. The van der Waals surface area contributed by atoms with Gasteiger partial charge in [-0.2, -0.15) is 0 Å². The minimum absolute atomic E-state index is 0.281. The molecule has 1 amide bonds. The van der Waals surface area contributed by atoms with Gasteiger partial charge in [0.1, 0.15) is 0 Å². The summed E-state index contributed by atoms with van der Waals surface area (Å²) >= 11 is 0. The summed E-state index contributed by atoms with van der Waals surface area (Å²) in [5.41, 5.74) is 3.05.